The van der Waals surface area contributed by atoms with Gasteiger partial charge in [-0.2, -0.15) is 0 Å². The molecule has 0 bridgehead atoms. The summed E-state index contributed by atoms with van der Waals surface area (Å²) in [7, 11) is 0. The Kier molecular flexibility index (Phi) is 4.71. The van der Waals surface area contributed by atoms with Gasteiger partial charge in [0.15, 0.2) is 0 Å². The summed E-state index contributed by atoms with van der Waals surface area (Å²) in [4.78, 5) is 0. The van der Waals surface area contributed by atoms with Crippen LogP contribution in [0.15, 0.2) is 78.9 Å². The van der Waals surface area contributed by atoms with Crippen molar-refractivity contribution >= 4 is 22.1 Å². The lowest BCUT2D eigenvalue weighted by molar-refractivity contribution is 0.475. The molecule has 1 aliphatic carbocycles. The molecule has 0 aromatic heterocycles. The van der Waals surface area contributed by atoms with Crippen molar-refractivity contribution in [3.8, 4) is 16.9 Å². The maximum Gasteiger partial charge on any atom is 0.116 e. The maximum absolute atomic E-state index is 10.6. The van der Waals surface area contributed by atoms with Crippen molar-refractivity contribution in [1.82, 2.24) is 0 Å². The first kappa shape index (κ1) is 22.2. The number of aromatic hydroxyl groups is 1. The Morgan fingerprint density at radius 1 is 0.556 bits per heavy atom. The van der Waals surface area contributed by atoms with Crippen LogP contribution in [0, 0.1) is 27.7 Å². The van der Waals surface area contributed by atoms with Gasteiger partial charge in [0.1, 0.15) is 5.75 Å². The Hall–Kier alpha value is -4.24. The van der Waals surface area contributed by atoms with Gasteiger partial charge in [-0.25, -0.2) is 0 Å². The average Bonchev–Trinajstić information content (AvgIpc) is 3.13. The number of hydrogen-bond donors (Lipinski definition) is 3. The van der Waals surface area contributed by atoms with E-state index in [9.17, 15) is 5.11 Å². The molecule has 0 unspecified atom stereocenters. The smallest absolute Gasteiger partial charge is 0.116 e. The van der Waals surface area contributed by atoms with E-state index in [0.717, 1.165) is 61.4 Å². The Bertz CT molecular complexity index is 1610. The third-order valence-corrected chi connectivity index (χ3v) is 8.04. The first-order valence-corrected chi connectivity index (χ1v) is 12.3. The summed E-state index contributed by atoms with van der Waals surface area (Å²) < 4.78 is 0. The fourth-order valence-electron chi connectivity index (χ4n) is 6.17. The SMILES string of the molecule is Cc1cc(C2(c3cc(C)c(N)c(C)c3)c3ccc(O)cc3-c3cc4ccccc4cc32)cc(C)c1N. The van der Waals surface area contributed by atoms with Crippen LogP contribution in [0.25, 0.3) is 21.9 Å². The molecule has 5 aromatic carbocycles. The Balaban J connectivity index is 1.86. The van der Waals surface area contributed by atoms with E-state index < -0.39 is 5.41 Å². The zero-order valence-electron chi connectivity index (χ0n) is 21.1. The molecule has 0 aliphatic heterocycles. The topological polar surface area (TPSA) is 72.3 Å². The van der Waals surface area contributed by atoms with E-state index in [4.69, 9.17) is 11.5 Å². The third kappa shape index (κ3) is 2.92. The van der Waals surface area contributed by atoms with Crippen molar-refractivity contribution in [3.05, 3.63) is 123 Å². The van der Waals surface area contributed by atoms with E-state index in [1.165, 1.54) is 16.3 Å². The van der Waals surface area contributed by atoms with Gasteiger partial charge < -0.3 is 16.6 Å². The second-order valence-corrected chi connectivity index (χ2v) is 10.3. The predicted molar refractivity (Wildman–Crippen MR) is 151 cm³/mol. The summed E-state index contributed by atoms with van der Waals surface area (Å²) in [5, 5.41) is 12.9. The number of rotatable bonds is 2. The van der Waals surface area contributed by atoms with Crippen LogP contribution in [0.2, 0.25) is 0 Å². The van der Waals surface area contributed by atoms with Crippen molar-refractivity contribution in [2.45, 2.75) is 33.1 Å². The minimum atomic E-state index is -0.588. The Morgan fingerprint density at radius 3 is 1.56 bits per heavy atom. The number of nitrogens with two attached hydrogens (primary N) is 2. The molecule has 3 heteroatoms. The van der Waals surface area contributed by atoms with Gasteiger partial charge in [-0.1, -0.05) is 54.6 Å². The normalized spacial score (nSPS) is 13.6. The van der Waals surface area contributed by atoms with Gasteiger partial charge in [0.2, 0.25) is 0 Å². The van der Waals surface area contributed by atoms with E-state index in [1.807, 2.05) is 6.07 Å². The molecule has 0 heterocycles. The summed E-state index contributed by atoms with van der Waals surface area (Å²) in [5.74, 6) is 0.262. The molecular weight excluding hydrogens is 440 g/mol. The van der Waals surface area contributed by atoms with Crippen molar-refractivity contribution < 1.29 is 5.11 Å². The van der Waals surface area contributed by atoms with Crippen molar-refractivity contribution in [2.75, 3.05) is 11.5 Å². The Labute approximate surface area is 212 Å². The van der Waals surface area contributed by atoms with Gasteiger partial charge in [0.05, 0.1) is 5.41 Å². The lowest BCUT2D eigenvalue weighted by Gasteiger charge is -2.35. The lowest BCUT2D eigenvalue weighted by atomic mass is 9.66. The number of phenols is 1. The van der Waals surface area contributed by atoms with Gasteiger partial charge in [-0.05, 0) is 118 Å². The molecule has 5 aromatic rings. The molecule has 0 saturated carbocycles. The molecule has 178 valence electrons. The van der Waals surface area contributed by atoms with Crippen LogP contribution < -0.4 is 11.5 Å². The van der Waals surface area contributed by atoms with E-state index in [2.05, 4.69) is 94.4 Å². The fourth-order valence-corrected chi connectivity index (χ4v) is 6.17. The van der Waals surface area contributed by atoms with Crippen LogP contribution in [-0.4, -0.2) is 5.11 Å². The van der Waals surface area contributed by atoms with Gasteiger partial charge in [0, 0.05) is 11.4 Å². The molecular formula is C33H30N2O. The van der Waals surface area contributed by atoms with E-state index in [0.29, 0.717) is 0 Å². The van der Waals surface area contributed by atoms with Crippen LogP contribution in [0.3, 0.4) is 0 Å². The highest BCUT2D eigenvalue weighted by atomic mass is 16.3. The molecule has 5 N–H and O–H groups in total. The van der Waals surface area contributed by atoms with Crippen LogP contribution >= 0.6 is 0 Å². The maximum atomic E-state index is 10.6. The number of nitrogen functional groups attached to an aromatic ring is 2. The quantitative estimate of drug-likeness (QED) is 0.232. The summed E-state index contributed by atoms with van der Waals surface area (Å²) in [6.45, 7) is 8.31. The number of benzene rings is 5. The zero-order valence-corrected chi connectivity index (χ0v) is 21.1. The molecule has 0 atom stereocenters. The zero-order chi connectivity index (χ0) is 25.4. The van der Waals surface area contributed by atoms with Crippen molar-refractivity contribution in [2.24, 2.45) is 0 Å². The minimum Gasteiger partial charge on any atom is -0.508 e. The molecule has 0 spiro atoms. The molecule has 0 fully saturated rings. The number of fused-ring (bicyclic) bond motifs is 4. The van der Waals surface area contributed by atoms with Crippen LogP contribution in [0.1, 0.15) is 44.5 Å². The molecule has 0 saturated heterocycles. The standard InChI is InChI=1S/C33H30N2O/c1-18-11-24(12-19(2)31(18)34)33(25-13-20(3)32(35)21(4)14-25)29-10-9-26(36)17-28(29)27-15-22-7-5-6-8-23(22)16-30(27)33/h5-17,36H,34-35H2,1-4H3. The molecule has 0 amide bonds. The first-order valence-electron chi connectivity index (χ1n) is 12.3. The molecule has 1 aliphatic rings. The van der Waals surface area contributed by atoms with E-state index >= 15 is 0 Å². The predicted octanol–water partition coefficient (Wildman–Crippen LogP) is 7.31. The summed E-state index contributed by atoms with van der Waals surface area (Å²) >= 11 is 0. The van der Waals surface area contributed by atoms with E-state index in [-0.39, 0.29) is 5.75 Å². The van der Waals surface area contributed by atoms with Crippen molar-refractivity contribution in [1.29, 1.82) is 0 Å². The molecule has 36 heavy (non-hydrogen) atoms. The second-order valence-electron chi connectivity index (χ2n) is 10.3. The van der Waals surface area contributed by atoms with Gasteiger partial charge in [0.25, 0.3) is 0 Å². The lowest BCUT2D eigenvalue weighted by Crippen LogP contribution is -2.29. The number of aryl methyl sites for hydroxylation is 4. The molecule has 6 rings (SSSR count). The Morgan fingerprint density at radius 2 is 1.03 bits per heavy atom. The average molecular weight is 471 g/mol. The first-order chi connectivity index (χ1) is 17.2. The third-order valence-electron chi connectivity index (χ3n) is 8.04. The van der Waals surface area contributed by atoms with Gasteiger partial charge >= 0.3 is 0 Å². The molecule has 0 radical (unpaired) electrons. The van der Waals surface area contributed by atoms with Crippen LogP contribution in [0.5, 0.6) is 5.75 Å². The van der Waals surface area contributed by atoms with Crippen molar-refractivity contribution in [3.63, 3.8) is 0 Å². The second kappa shape index (κ2) is 7.63. The van der Waals surface area contributed by atoms with Crippen LogP contribution in [0.4, 0.5) is 11.4 Å². The number of hydrogen-bond acceptors (Lipinski definition) is 3. The highest BCUT2D eigenvalue weighted by Gasteiger charge is 2.47. The van der Waals surface area contributed by atoms with Gasteiger partial charge in [-0.3, -0.25) is 0 Å². The summed E-state index contributed by atoms with van der Waals surface area (Å²) in [5.41, 5.74) is 25.0. The van der Waals surface area contributed by atoms with E-state index in [1.54, 1.807) is 6.07 Å². The van der Waals surface area contributed by atoms with Crippen LogP contribution in [-0.2, 0) is 5.41 Å². The highest BCUT2D eigenvalue weighted by molar-refractivity contribution is 5.96. The van der Waals surface area contributed by atoms with Gasteiger partial charge in [-0.15, -0.1) is 0 Å². The highest BCUT2D eigenvalue weighted by Crippen LogP contribution is 2.58. The fraction of sp³-hybridized carbons (Fsp3) is 0.152. The summed E-state index contributed by atoms with van der Waals surface area (Å²) in [6.07, 6.45) is 0. The monoisotopic (exact) mass is 470 g/mol. The molecule has 3 nitrogen and oxygen atoms in total. The summed E-state index contributed by atoms with van der Waals surface area (Å²) in [6, 6.07) is 27.7. The number of anilines is 2. The largest absolute Gasteiger partial charge is 0.508 e. The minimum absolute atomic E-state index is 0.262. The number of phenolic OH excluding ortho intramolecular Hbond substituents is 1.